The lowest BCUT2D eigenvalue weighted by Crippen LogP contribution is -2.39. The van der Waals surface area contributed by atoms with E-state index in [1.54, 1.807) is 0 Å². The van der Waals surface area contributed by atoms with Crippen LogP contribution >= 0.6 is 0 Å². The molecule has 1 atom stereocenters. The number of aliphatic carboxylic acids is 1. The maximum atomic E-state index is 12.0. The van der Waals surface area contributed by atoms with E-state index in [0.29, 0.717) is 19.4 Å². The van der Waals surface area contributed by atoms with Crippen LogP contribution in [0.2, 0.25) is 0 Å². The fourth-order valence-corrected chi connectivity index (χ4v) is 2.55. The van der Waals surface area contributed by atoms with Crippen LogP contribution in [0.4, 0.5) is 4.79 Å². The minimum absolute atomic E-state index is 0.265. The van der Waals surface area contributed by atoms with Gasteiger partial charge in [0.1, 0.15) is 5.60 Å². The van der Waals surface area contributed by atoms with Crippen molar-refractivity contribution in [2.24, 2.45) is 5.41 Å². The molecule has 0 aliphatic carbocycles. The molecule has 20 heavy (non-hydrogen) atoms. The third-order valence-electron chi connectivity index (χ3n) is 3.72. The van der Waals surface area contributed by atoms with Gasteiger partial charge in [-0.1, -0.05) is 26.2 Å². The van der Waals surface area contributed by atoms with E-state index in [1.165, 1.54) is 4.90 Å². The summed E-state index contributed by atoms with van der Waals surface area (Å²) < 4.78 is 5.31. The monoisotopic (exact) mass is 285 g/mol. The van der Waals surface area contributed by atoms with Crippen LogP contribution in [0, 0.1) is 5.41 Å². The molecule has 1 fully saturated rings. The van der Waals surface area contributed by atoms with E-state index >= 15 is 0 Å². The van der Waals surface area contributed by atoms with Crippen molar-refractivity contribution in [1.29, 1.82) is 0 Å². The maximum Gasteiger partial charge on any atom is 0.410 e. The summed E-state index contributed by atoms with van der Waals surface area (Å²) in [5.41, 5.74) is -1.33. The molecule has 1 heterocycles. The van der Waals surface area contributed by atoms with Gasteiger partial charge in [-0.15, -0.1) is 0 Å². The van der Waals surface area contributed by atoms with E-state index < -0.39 is 23.1 Å². The molecule has 5 nitrogen and oxygen atoms in total. The van der Waals surface area contributed by atoms with Gasteiger partial charge in [-0.2, -0.15) is 0 Å². The lowest BCUT2D eigenvalue weighted by atomic mass is 9.82. The average Bonchev–Trinajstić information content (AvgIpc) is 2.73. The molecule has 0 radical (unpaired) electrons. The number of rotatable bonds is 5. The summed E-state index contributed by atoms with van der Waals surface area (Å²) in [5, 5.41) is 9.52. The van der Waals surface area contributed by atoms with Gasteiger partial charge in [-0.3, -0.25) is 4.79 Å². The van der Waals surface area contributed by atoms with Gasteiger partial charge in [0.2, 0.25) is 0 Å². The summed E-state index contributed by atoms with van der Waals surface area (Å²) in [6, 6.07) is 0. The summed E-state index contributed by atoms with van der Waals surface area (Å²) in [4.78, 5) is 25.1. The van der Waals surface area contributed by atoms with Crippen LogP contribution < -0.4 is 0 Å². The first-order valence-corrected chi connectivity index (χ1v) is 7.41. The Balaban J connectivity index is 2.65. The number of carbonyl (C=O) groups is 2. The summed E-state index contributed by atoms with van der Waals surface area (Å²) in [6.07, 6.45) is 3.73. The predicted molar refractivity (Wildman–Crippen MR) is 76.6 cm³/mol. The Bertz CT molecular complexity index is 361. The molecular formula is C15H27NO4. The normalized spacial score (nSPS) is 22.9. The minimum atomic E-state index is -0.792. The van der Waals surface area contributed by atoms with E-state index in [-0.39, 0.29) is 6.54 Å². The van der Waals surface area contributed by atoms with Crippen molar-refractivity contribution in [2.75, 3.05) is 13.1 Å². The van der Waals surface area contributed by atoms with Crippen molar-refractivity contribution in [1.82, 2.24) is 4.90 Å². The second-order valence-corrected chi connectivity index (χ2v) is 6.69. The van der Waals surface area contributed by atoms with Crippen LogP contribution in [0.5, 0.6) is 0 Å². The van der Waals surface area contributed by atoms with Gasteiger partial charge in [0, 0.05) is 13.1 Å². The fourth-order valence-electron chi connectivity index (χ4n) is 2.55. The molecule has 1 aliphatic rings. The Kier molecular flexibility index (Phi) is 5.42. The number of hydrogen-bond acceptors (Lipinski definition) is 3. The van der Waals surface area contributed by atoms with E-state index in [0.717, 1.165) is 19.3 Å². The van der Waals surface area contributed by atoms with E-state index in [1.807, 2.05) is 20.8 Å². The molecule has 1 saturated heterocycles. The summed E-state index contributed by atoms with van der Waals surface area (Å²) in [5.74, 6) is -0.792. The third-order valence-corrected chi connectivity index (χ3v) is 3.72. The SMILES string of the molecule is CCCCCC1(C(=O)O)CCN(C(=O)OC(C)(C)C)C1. The number of likely N-dealkylation sites (tertiary alicyclic amines) is 1. The lowest BCUT2D eigenvalue weighted by molar-refractivity contribution is -0.148. The second-order valence-electron chi connectivity index (χ2n) is 6.69. The summed E-state index contributed by atoms with van der Waals surface area (Å²) in [7, 11) is 0. The molecule has 1 N–H and O–H groups in total. The highest BCUT2D eigenvalue weighted by molar-refractivity contribution is 5.78. The van der Waals surface area contributed by atoms with Gasteiger partial charge in [0.15, 0.2) is 0 Å². The second kappa shape index (κ2) is 6.46. The zero-order valence-corrected chi connectivity index (χ0v) is 13.1. The van der Waals surface area contributed by atoms with Gasteiger partial charge < -0.3 is 14.7 Å². The molecular weight excluding hydrogens is 258 g/mol. The standard InChI is InChI=1S/C15H27NO4/c1-5-6-7-8-15(12(17)18)9-10-16(11-15)13(19)20-14(2,3)4/h5-11H2,1-4H3,(H,17,18). The van der Waals surface area contributed by atoms with Crippen LogP contribution in [0.25, 0.3) is 0 Å². The number of carboxylic acid groups (broad SMARTS) is 1. The highest BCUT2D eigenvalue weighted by Gasteiger charge is 2.46. The molecule has 0 bridgehead atoms. The van der Waals surface area contributed by atoms with Crippen LogP contribution in [-0.2, 0) is 9.53 Å². The molecule has 0 aromatic heterocycles. The van der Waals surface area contributed by atoms with Crippen LogP contribution in [0.15, 0.2) is 0 Å². The first-order valence-electron chi connectivity index (χ1n) is 7.41. The molecule has 1 rings (SSSR count). The van der Waals surface area contributed by atoms with Crippen molar-refractivity contribution in [3.63, 3.8) is 0 Å². The number of carboxylic acids is 1. The maximum absolute atomic E-state index is 12.0. The van der Waals surface area contributed by atoms with Crippen LogP contribution in [0.1, 0.15) is 59.8 Å². The number of hydrogen-bond donors (Lipinski definition) is 1. The quantitative estimate of drug-likeness (QED) is 0.787. The molecule has 0 spiro atoms. The molecule has 1 amide bonds. The number of ether oxygens (including phenoxy) is 1. The highest BCUT2D eigenvalue weighted by Crippen LogP contribution is 2.36. The summed E-state index contributed by atoms with van der Waals surface area (Å²) >= 11 is 0. The van der Waals surface area contributed by atoms with Crippen molar-refractivity contribution < 1.29 is 19.4 Å². The van der Waals surface area contributed by atoms with E-state index in [4.69, 9.17) is 4.74 Å². The first-order chi connectivity index (χ1) is 9.20. The number of amides is 1. The Morgan fingerprint density at radius 1 is 1.30 bits per heavy atom. The Hall–Kier alpha value is -1.26. The van der Waals surface area contributed by atoms with E-state index in [9.17, 15) is 14.7 Å². The summed E-state index contributed by atoms with van der Waals surface area (Å²) in [6.45, 7) is 8.26. The smallest absolute Gasteiger partial charge is 0.410 e. The largest absolute Gasteiger partial charge is 0.481 e. The molecule has 1 unspecified atom stereocenters. The third kappa shape index (κ3) is 4.39. The molecule has 0 aromatic carbocycles. The van der Waals surface area contributed by atoms with Crippen molar-refractivity contribution >= 4 is 12.1 Å². The number of unbranched alkanes of at least 4 members (excludes halogenated alkanes) is 2. The topological polar surface area (TPSA) is 66.8 Å². The Morgan fingerprint density at radius 2 is 1.95 bits per heavy atom. The molecule has 5 heteroatoms. The van der Waals surface area contributed by atoms with Crippen molar-refractivity contribution in [2.45, 2.75) is 65.4 Å². The Morgan fingerprint density at radius 3 is 2.45 bits per heavy atom. The molecule has 116 valence electrons. The van der Waals surface area contributed by atoms with Gasteiger partial charge >= 0.3 is 12.1 Å². The predicted octanol–water partition coefficient (Wildman–Crippen LogP) is 3.28. The van der Waals surface area contributed by atoms with Crippen LogP contribution in [0.3, 0.4) is 0 Å². The fraction of sp³-hybridized carbons (Fsp3) is 0.867. The number of carbonyl (C=O) groups excluding carboxylic acids is 1. The van der Waals surface area contributed by atoms with Gasteiger partial charge in [0.05, 0.1) is 5.41 Å². The van der Waals surface area contributed by atoms with Crippen LogP contribution in [-0.4, -0.2) is 40.8 Å². The molecule has 0 saturated carbocycles. The van der Waals surface area contributed by atoms with Gasteiger partial charge in [-0.05, 0) is 33.6 Å². The van der Waals surface area contributed by atoms with Gasteiger partial charge in [0.25, 0.3) is 0 Å². The van der Waals surface area contributed by atoms with Crippen molar-refractivity contribution in [3.8, 4) is 0 Å². The average molecular weight is 285 g/mol. The number of nitrogens with zero attached hydrogens (tertiary/aromatic N) is 1. The lowest BCUT2D eigenvalue weighted by Gasteiger charge is -2.27. The molecule has 0 aromatic rings. The highest BCUT2D eigenvalue weighted by atomic mass is 16.6. The first kappa shape index (κ1) is 16.8. The molecule has 1 aliphatic heterocycles. The minimum Gasteiger partial charge on any atom is -0.481 e. The zero-order chi connectivity index (χ0) is 15.4. The van der Waals surface area contributed by atoms with Gasteiger partial charge in [-0.25, -0.2) is 4.79 Å². The van der Waals surface area contributed by atoms with Crippen molar-refractivity contribution in [3.05, 3.63) is 0 Å². The van der Waals surface area contributed by atoms with E-state index in [2.05, 4.69) is 6.92 Å². The zero-order valence-electron chi connectivity index (χ0n) is 13.1. The Labute approximate surface area is 121 Å².